The van der Waals surface area contributed by atoms with Crippen LogP contribution in [0.4, 0.5) is 0 Å². The van der Waals surface area contributed by atoms with Crippen LogP contribution in [0.3, 0.4) is 0 Å². The quantitative estimate of drug-likeness (QED) is 0.582. The third-order valence-electron chi connectivity index (χ3n) is 10.4. The second-order valence-electron chi connectivity index (χ2n) is 12.0. The number of allylic oxidation sites excluding steroid dienone is 1. The summed E-state index contributed by atoms with van der Waals surface area (Å²) < 4.78 is 0. The maximum absolute atomic E-state index is 10.9. The van der Waals surface area contributed by atoms with Crippen LogP contribution in [0.15, 0.2) is 11.6 Å². The van der Waals surface area contributed by atoms with Crippen molar-refractivity contribution in [3.8, 4) is 0 Å². The molecule has 29 heavy (non-hydrogen) atoms. The van der Waals surface area contributed by atoms with Crippen molar-refractivity contribution in [2.75, 3.05) is 0 Å². The Morgan fingerprint density at radius 2 is 1.66 bits per heavy atom. The first kappa shape index (κ1) is 21.8. The van der Waals surface area contributed by atoms with E-state index in [1.165, 1.54) is 32.1 Å². The van der Waals surface area contributed by atoms with Crippen molar-refractivity contribution in [3.05, 3.63) is 11.6 Å². The molecule has 0 aromatic heterocycles. The largest absolute Gasteiger partial charge is 0.393 e. The molecule has 3 N–H and O–H groups in total. The number of rotatable bonds is 4. The van der Waals surface area contributed by atoms with Crippen molar-refractivity contribution >= 4 is 0 Å². The average molecular weight is 405 g/mol. The summed E-state index contributed by atoms with van der Waals surface area (Å²) in [6, 6.07) is 0. The van der Waals surface area contributed by atoms with Gasteiger partial charge in [-0.15, -0.1) is 0 Å². The van der Waals surface area contributed by atoms with Crippen molar-refractivity contribution in [2.45, 2.75) is 104 Å². The summed E-state index contributed by atoms with van der Waals surface area (Å²) in [6.45, 7) is 11.2. The fourth-order valence-electron chi connectivity index (χ4n) is 8.49. The SMILES string of the molecule is CC(C)[C@@H](O)[C@H](O)[C@@H](C)[C@H]1CC[C@H]2[C@@H]3CC=C4C[C@@H](O)CC[C@]4(C)[C@H]3CC[C@]12C. The van der Waals surface area contributed by atoms with Gasteiger partial charge in [-0.3, -0.25) is 0 Å². The van der Waals surface area contributed by atoms with E-state index in [4.69, 9.17) is 0 Å². The number of aliphatic hydroxyl groups excluding tert-OH is 3. The van der Waals surface area contributed by atoms with Crippen LogP contribution in [-0.4, -0.2) is 33.6 Å². The van der Waals surface area contributed by atoms with Gasteiger partial charge < -0.3 is 15.3 Å². The second-order valence-corrected chi connectivity index (χ2v) is 12.0. The van der Waals surface area contributed by atoms with E-state index in [1.54, 1.807) is 5.57 Å². The first-order valence-corrected chi connectivity index (χ1v) is 12.3. The summed E-state index contributed by atoms with van der Waals surface area (Å²) in [5.41, 5.74) is 2.12. The van der Waals surface area contributed by atoms with Gasteiger partial charge in [-0.1, -0.05) is 46.3 Å². The minimum atomic E-state index is -0.628. The molecule has 0 heterocycles. The van der Waals surface area contributed by atoms with Crippen LogP contribution in [0.25, 0.3) is 0 Å². The fourth-order valence-corrected chi connectivity index (χ4v) is 8.49. The molecule has 0 unspecified atom stereocenters. The summed E-state index contributed by atoms with van der Waals surface area (Å²) >= 11 is 0. The second kappa shape index (κ2) is 7.64. The van der Waals surface area contributed by atoms with Crippen molar-refractivity contribution < 1.29 is 15.3 Å². The first-order chi connectivity index (χ1) is 13.6. The van der Waals surface area contributed by atoms with Crippen LogP contribution >= 0.6 is 0 Å². The van der Waals surface area contributed by atoms with Gasteiger partial charge in [0.1, 0.15) is 0 Å². The molecule has 0 radical (unpaired) electrons. The smallest absolute Gasteiger partial charge is 0.0829 e. The van der Waals surface area contributed by atoms with E-state index < -0.39 is 12.2 Å². The van der Waals surface area contributed by atoms with E-state index in [-0.39, 0.29) is 23.4 Å². The number of hydrogen-bond acceptors (Lipinski definition) is 3. The Hall–Kier alpha value is -0.380. The number of fused-ring (bicyclic) bond motifs is 5. The van der Waals surface area contributed by atoms with E-state index in [2.05, 4.69) is 26.8 Å². The zero-order valence-corrected chi connectivity index (χ0v) is 19.3. The van der Waals surface area contributed by atoms with Gasteiger partial charge in [0.05, 0.1) is 18.3 Å². The zero-order valence-electron chi connectivity index (χ0n) is 19.3. The highest BCUT2D eigenvalue weighted by Gasteiger charge is 2.59. The molecule has 4 rings (SSSR count). The third kappa shape index (κ3) is 3.34. The van der Waals surface area contributed by atoms with Crippen molar-refractivity contribution in [3.63, 3.8) is 0 Å². The molecule has 0 aromatic carbocycles. The summed E-state index contributed by atoms with van der Waals surface area (Å²) in [7, 11) is 0. The predicted octanol–water partition coefficient (Wildman–Crippen LogP) is 4.94. The first-order valence-electron chi connectivity index (χ1n) is 12.3. The van der Waals surface area contributed by atoms with Gasteiger partial charge in [-0.25, -0.2) is 0 Å². The lowest BCUT2D eigenvalue weighted by Crippen LogP contribution is -2.52. The van der Waals surface area contributed by atoms with Gasteiger partial charge in [-0.2, -0.15) is 0 Å². The maximum Gasteiger partial charge on any atom is 0.0829 e. The Labute approximate surface area is 178 Å². The topological polar surface area (TPSA) is 60.7 Å². The lowest BCUT2D eigenvalue weighted by atomic mass is 9.47. The maximum atomic E-state index is 10.9. The molecular formula is C26H44O3. The van der Waals surface area contributed by atoms with E-state index in [1.807, 2.05) is 13.8 Å². The Morgan fingerprint density at radius 1 is 0.931 bits per heavy atom. The minimum Gasteiger partial charge on any atom is -0.393 e. The van der Waals surface area contributed by atoms with E-state index in [9.17, 15) is 15.3 Å². The van der Waals surface area contributed by atoms with Crippen molar-refractivity contribution in [1.29, 1.82) is 0 Å². The normalized spacial score (nSPS) is 47.6. The van der Waals surface area contributed by atoms with Gasteiger partial charge in [0, 0.05) is 0 Å². The molecule has 166 valence electrons. The number of hydrogen-bond donors (Lipinski definition) is 3. The molecule has 3 saturated carbocycles. The summed E-state index contributed by atoms with van der Waals surface area (Å²) in [4.78, 5) is 0. The fraction of sp³-hybridized carbons (Fsp3) is 0.923. The molecule has 0 amide bonds. The summed E-state index contributed by atoms with van der Waals surface area (Å²) in [6.07, 6.45) is 10.3. The van der Waals surface area contributed by atoms with Crippen LogP contribution < -0.4 is 0 Å². The van der Waals surface area contributed by atoms with Crippen LogP contribution in [-0.2, 0) is 0 Å². The summed E-state index contributed by atoms with van der Waals surface area (Å²) in [5, 5.41) is 31.6. The molecule has 0 aliphatic heterocycles. The Kier molecular flexibility index (Phi) is 5.75. The molecule has 4 aliphatic rings. The highest BCUT2D eigenvalue weighted by Crippen LogP contribution is 2.67. The lowest BCUT2D eigenvalue weighted by Gasteiger charge is -2.58. The molecule has 3 fully saturated rings. The van der Waals surface area contributed by atoms with Gasteiger partial charge in [-0.05, 0) is 97.7 Å². The lowest BCUT2D eigenvalue weighted by molar-refractivity contribution is -0.0916. The van der Waals surface area contributed by atoms with Gasteiger partial charge in [0.25, 0.3) is 0 Å². The third-order valence-corrected chi connectivity index (χ3v) is 10.4. The standard InChI is InChI=1S/C26H44O3/c1-15(2)23(28)24(29)16(3)20-8-9-21-19-7-6-17-14-18(27)10-12-25(17,4)22(19)11-13-26(20,21)5/h6,15-16,18-24,27-29H,7-14H2,1-5H3/t16-,18-,19-,20+,21-,22-,23+,24+,25-,26+/m0/s1. The molecule has 0 spiro atoms. The van der Waals surface area contributed by atoms with Crippen LogP contribution in [0.5, 0.6) is 0 Å². The molecule has 4 aliphatic carbocycles. The van der Waals surface area contributed by atoms with Gasteiger partial charge in [0.15, 0.2) is 0 Å². The van der Waals surface area contributed by atoms with Crippen molar-refractivity contribution in [1.82, 2.24) is 0 Å². The minimum absolute atomic E-state index is 0.0942. The molecule has 0 aromatic rings. The highest BCUT2D eigenvalue weighted by atomic mass is 16.3. The van der Waals surface area contributed by atoms with E-state index in [0.29, 0.717) is 11.3 Å². The molecule has 3 nitrogen and oxygen atoms in total. The van der Waals surface area contributed by atoms with Gasteiger partial charge in [0.2, 0.25) is 0 Å². The van der Waals surface area contributed by atoms with Crippen molar-refractivity contribution in [2.24, 2.45) is 46.3 Å². The van der Waals surface area contributed by atoms with Crippen LogP contribution in [0.1, 0.15) is 86.0 Å². The monoisotopic (exact) mass is 404 g/mol. The summed E-state index contributed by atoms with van der Waals surface area (Å²) in [5.74, 6) is 2.99. The Morgan fingerprint density at radius 3 is 2.34 bits per heavy atom. The van der Waals surface area contributed by atoms with E-state index in [0.717, 1.165) is 37.0 Å². The number of aliphatic hydroxyl groups is 3. The van der Waals surface area contributed by atoms with E-state index >= 15 is 0 Å². The zero-order chi connectivity index (χ0) is 21.1. The molecule has 3 heteroatoms. The molecular weight excluding hydrogens is 360 g/mol. The average Bonchev–Trinajstić information content (AvgIpc) is 3.03. The predicted molar refractivity (Wildman–Crippen MR) is 117 cm³/mol. The van der Waals surface area contributed by atoms with Gasteiger partial charge >= 0.3 is 0 Å². The molecule has 0 bridgehead atoms. The Bertz CT molecular complexity index is 642. The molecule has 0 saturated heterocycles. The van der Waals surface area contributed by atoms with Crippen LogP contribution in [0, 0.1) is 46.3 Å². The van der Waals surface area contributed by atoms with Crippen LogP contribution in [0.2, 0.25) is 0 Å². The molecule has 10 atom stereocenters. The Balaban J connectivity index is 1.56. The highest BCUT2D eigenvalue weighted by molar-refractivity contribution is 5.25.